The number of carbonyl (C=O) groups excluding carboxylic acids is 2. The maximum atomic E-state index is 12.0. The van der Waals surface area contributed by atoms with Gasteiger partial charge in [0, 0.05) is 16.3 Å². The molecule has 0 aliphatic rings. The minimum atomic E-state index is -0.147. The zero-order valence-corrected chi connectivity index (χ0v) is 13.8. The fourth-order valence-corrected chi connectivity index (χ4v) is 2.96. The number of hydrogen-bond donors (Lipinski definition) is 1. The summed E-state index contributed by atoms with van der Waals surface area (Å²) >= 11 is 13.0. The number of hydrogen-bond acceptors (Lipinski definition) is 3. The highest BCUT2D eigenvalue weighted by atomic mass is 35.5. The summed E-state index contributed by atoms with van der Waals surface area (Å²) in [6.45, 7) is 0. The molecule has 0 saturated heterocycles. The summed E-state index contributed by atoms with van der Waals surface area (Å²) in [6.07, 6.45) is 0. The molecule has 0 saturated carbocycles. The Balaban J connectivity index is 1.80. The fraction of sp³-hybridized carbons (Fsp3) is 0.125. The molecule has 0 aromatic heterocycles. The lowest BCUT2D eigenvalue weighted by molar-refractivity contribution is -0.113. The number of carbonyl (C=O) groups is 2. The third-order valence-electron chi connectivity index (χ3n) is 2.76. The van der Waals surface area contributed by atoms with Gasteiger partial charge in [0.2, 0.25) is 5.91 Å². The van der Waals surface area contributed by atoms with Crippen molar-refractivity contribution in [2.45, 2.75) is 0 Å². The average Bonchev–Trinajstić information content (AvgIpc) is 2.48. The van der Waals surface area contributed by atoms with E-state index in [-0.39, 0.29) is 23.2 Å². The van der Waals surface area contributed by atoms with E-state index < -0.39 is 0 Å². The number of ketones is 1. The highest BCUT2D eigenvalue weighted by molar-refractivity contribution is 8.00. The van der Waals surface area contributed by atoms with E-state index in [2.05, 4.69) is 5.32 Å². The molecule has 6 heteroatoms. The van der Waals surface area contributed by atoms with Gasteiger partial charge in [0.25, 0.3) is 0 Å². The molecule has 0 aliphatic carbocycles. The van der Waals surface area contributed by atoms with Crippen molar-refractivity contribution >= 4 is 52.3 Å². The van der Waals surface area contributed by atoms with Gasteiger partial charge in [-0.2, -0.15) is 0 Å². The third-order valence-corrected chi connectivity index (χ3v) is 4.24. The standard InChI is InChI=1S/C16H13Cl2NO2S/c17-11-6-7-13(14(18)8-11)15(20)9-22-10-16(21)19-12-4-2-1-3-5-12/h1-8H,9-10H2,(H,19,21). The van der Waals surface area contributed by atoms with Crippen molar-refractivity contribution in [3.63, 3.8) is 0 Å². The molecule has 0 bridgehead atoms. The lowest BCUT2D eigenvalue weighted by Gasteiger charge is -2.06. The molecule has 3 nitrogen and oxygen atoms in total. The molecule has 1 N–H and O–H groups in total. The Bertz CT molecular complexity index is 677. The molecule has 1 amide bonds. The molecule has 2 aromatic rings. The van der Waals surface area contributed by atoms with Crippen LogP contribution >= 0.6 is 35.0 Å². The lowest BCUT2D eigenvalue weighted by atomic mass is 10.1. The van der Waals surface area contributed by atoms with Crippen LogP contribution in [0, 0.1) is 0 Å². The first-order chi connectivity index (χ1) is 10.6. The van der Waals surface area contributed by atoms with Gasteiger partial charge in [-0.25, -0.2) is 0 Å². The summed E-state index contributed by atoms with van der Waals surface area (Å²) < 4.78 is 0. The zero-order valence-electron chi connectivity index (χ0n) is 11.5. The number of rotatable bonds is 6. The lowest BCUT2D eigenvalue weighted by Crippen LogP contribution is -2.15. The van der Waals surface area contributed by atoms with Crippen molar-refractivity contribution in [2.75, 3.05) is 16.8 Å². The van der Waals surface area contributed by atoms with Crippen molar-refractivity contribution in [1.82, 2.24) is 0 Å². The van der Waals surface area contributed by atoms with E-state index in [1.54, 1.807) is 24.3 Å². The Hall–Kier alpha value is -1.49. The number of para-hydroxylation sites is 1. The molecule has 0 unspecified atom stereocenters. The van der Waals surface area contributed by atoms with Gasteiger partial charge in [-0.05, 0) is 30.3 Å². The Morgan fingerprint density at radius 3 is 2.41 bits per heavy atom. The molecule has 22 heavy (non-hydrogen) atoms. The molecular formula is C16H13Cl2NO2S. The van der Waals surface area contributed by atoms with Crippen LogP contribution in [-0.4, -0.2) is 23.2 Å². The largest absolute Gasteiger partial charge is 0.325 e. The number of thioether (sulfide) groups is 1. The molecule has 0 heterocycles. The van der Waals surface area contributed by atoms with Gasteiger partial charge in [0.05, 0.1) is 16.5 Å². The predicted molar refractivity (Wildman–Crippen MR) is 93.2 cm³/mol. The number of Topliss-reactive ketones (excluding diaryl/α,β-unsaturated/α-hetero) is 1. The first kappa shape index (κ1) is 16.9. The first-order valence-corrected chi connectivity index (χ1v) is 8.38. The number of anilines is 1. The van der Waals surface area contributed by atoms with Crippen LogP contribution < -0.4 is 5.32 Å². The maximum Gasteiger partial charge on any atom is 0.234 e. The number of nitrogens with one attached hydrogen (secondary N) is 1. The van der Waals surface area contributed by atoms with Crippen LogP contribution in [0.15, 0.2) is 48.5 Å². The SMILES string of the molecule is O=C(CSCC(=O)c1ccc(Cl)cc1Cl)Nc1ccccc1. The minimum Gasteiger partial charge on any atom is -0.325 e. The highest BCUT2D eigenvalue weighted by Crippen LogP contribution is 2.22. The van der Waals surface area contributed by atoms with Crippen molar-refractivity contribution in [1.29, 1.82) is 0 Å². The normalized spacial score (nSPS) is 10.3. The Labute approximate surface area is 143 Å². The quantitative estimate of drug-likeness (QED) is 0.775. The van der Waals surface area contributed by atoms with Gasteiger partial charge >= 0.3 is 0 Å². The second kappa shape index (κ2) is 8.22. The van der Waals surface area contributed by atoms with Gasteiger partial charge in [-0.1, -0.05) is 41.4 Å². The smallest absolute Gasteiger partial charge is 0.234 e. The van der Waals surface area contributed by atoms with Crippen LogP contribution in [0.1, 0.15) is 10.4 Å². The van der Waals surface area contributed by atoms with Gasteiger partial charge in [0.15, 0.2) is 5.78 Å². The van der Waals surface area contributed by atoms with E-state index in [9.17, 15) is 9.59 Å². The van der Waals surface area contributed by atoms with Gasteiger partial charge in [-0.15, -0.1) is 11.8 Å². The van der Waals surface area contributed by atoms with E-state index >= 15 is 0 Å². The number of amides is 1. The Kier molecular flexibility index (Phi) is 6.31. The van der Waals surface area contributed by atoms with Gasteiger partial charge in [-0.3, -0.25) is 9.59 Å². The number of halogens is 2. The van der Waals surface area contributed by atoms with Crippen LogP contribution in [0.4, 0.5) is 5.69 Å². The summed E-state index contributed by atoms with van der Waals surface area (Å²) in [6, 6.07) is 13.9. The molecule has 0 atom stereocenters. The summed E-state index contributed by atoms with van der Waals surface area (Å²) in [5.74, 6) is 0.112. The van der Waals surface area contributed by atoms with Crippen molar-refractivity contribution in [2.24, 2.45) is 0 Å². The average molecular weight is 354 g/mol. The summed E-state index contributed by atoms with van der Waals surface area (Å²) in [5, 5.41) is 3.57. The maximum absolute atomic E-state index is 12.0. The summed E-state index contributed by atoms with van der Waals surface area (Å²) in [5.41, 5.74) is 1.15. The predicted octanol–water partition coefficient (Wildman–Crippen LogP) is 4.55. The van der Waals surface area contributed by atoms with E-state index in [4.69, 9.17) is 23.2 Å². The fourth-order valence-electron chi connectivity index (χ4n) is 1.75. The number of benzene rings is 2. The van der Waals surface area contributed by atoms with Gasteiger partial charge < -0.3 is 5.32 Å². The second-order valence-corrected chi connectivity index (χ2v) is 6.28. The van der Waals surface area contributed by atoms with Crippen LogP contribution in [0.2, 0.25) is 10.0 Å². The molecule has 2 rings (SSSR count). The molecule has 0 aliphatic heterocycles. The third kappa shape index (κ3) is 5.05. The van der Waals surface area contributed by atoms with Crippen LogP contribution in [-0.2, 0) is 4.79 Å². The van der Waals surface area contributed by atoms with Crippen LogP contribution in [0.5, 0.6) is 0 Å². The first-order valence-electron chi connectivity index (χ1n) is 6.47. The molecule has 114 valence electrons. The minimum absolute atomic E-state index is 0.126. The Morgan fingerprint density at radius 2 is 1.73 bits per heavy atom. The summed E-state index contributed by atoms with van der Waals surface area (Å²) in [7, 11) is 0. The summed E-state index contributed by atoms with van der Waals surface area (Å²) in [4.78, 5) is 23.8. The van der Waals surface area contributed by atoms with Crippen molar-refractivity contribution in [3.05, 3.63) is 64.1 Å². The molecule has 2 aromatic carbocycles. The topological polar surface area (TPSA) is 46.2 Å². The van der Waals surface area contributed by atoms with Gasteiger partial charge in [0.1, 0.15) is 0 Å². The Morgan fingerprint density at radius 1 is 1.00 bits per heavy atom. The van der Waals surface area contributed by atoms with Crippen LogP contribution in [0.25, 0.3) is 0 Å². The van der Waals surface area contributed by atoms with Crippen LogP contribution in [0.3, 0.4) is 0 Å². The van der Waals surface area contributed by atoms with Crippen molar-refractivity contribution in [3.8, 4) is 0 Å². The van der Waals surface area contributed by atoms with Crippen molar-refractivity contribution < 1.29 is 9.59 Å². The second-order valence-electron chi connectivity index (χ2n) is 4.45. The highest BCUT2D eigenvalue weighted by Gasteiger charge is 2.12. The molecule has 0 fully saturated rings. The monoisotopic (exact) mass is 353 g/mol. The molecule has 0 radical (unpaired) electrons. The van der Waals surface area contributed by atoms with E-state index in [1.165, 1.54) is 17.8 Å². The van der Waals surface area contributed by atoms with E-state index in [1.807, 2.05) is 18.2 Å². The zero-order chi connectivity index (χ0) is 15.9. The van der Waals surface area contributed by atoms with E-state index in [0.29, 0.717) is 15.6 Å². The van der Waals surface area contributed by atoms with E-state index in [0.717, 1.165) is 5.69 Å². The molecular weight excluding hydrogens is 341 g/mol. The molecule has 0 spiro atoms.